The van der Waals surface area contributed by atoms with Gasteiger partial charge in [-0.2, -0.15) is 0 Å². The van der Waals surface area contributed by atoms with Crippen molar-refractivity contribution in [1.82, 2.24) is 0 Å². The minimum Gasteiger partial charge on any atom is -0.466 e. The maximum atomic E-state index is 13.5. The van der Waals surface area contributed by atoms with Gasteiger partial charge in [-0.3, -0.25) is 0 Å². The van der Waals surface area contributed by atoms with Crippen molar-refractivity contribution in [1.29, 1.82) is 0 Å². The van der Waals surface area contributed by atoms with Crippen LogP contribution in [0, 0.1) is 0 Å². The third-order valence-electron chi connectivity index (χ3n) is 6.58. The molecule has 0 aliphatic carbocycles. The van der Waals surface area contributed by atoms with Crippen LogP contribution in [0.1, 0.15) is 28.8 Å². The molecule has 2 aliphatic rings. The molecule has 0 saturated heterocycles. The number of ether oxygens (including phenoxy) is 2. The lowest BCUT2D eigenvalue weighted by Crippen LogP contribution is -2.29. The van der Waals surface area contributed by atoms with Crippen molar-refractivity contribution < 1.29 is 14.3 Å². The van der Waals surface area contributed by atoms with Crippen LogP contribution in [0.4, 0.5) is 5.69 Å². The highest BCUT2D eigenvalue weighted by molar-refractivity contribution is 6.04. The number of benzene rings is 4. The van der Waals surface area contributed by atoms with E-state index in [-0.39, 0.29) is 18.1 Å². The molecular formula is C30H23NO3. The fourth-order valence-corrected chi connectivity index (χ4v) is 5.21. The van der Waals surface area contributed by atoms with Gasteiger partial charge in [0.1, 0.15) is 5.75 Å². The molecule has 4 aromatic carbocycles. The number of hydrogen-bond acceptors (Lipinski definition) is 4. The summed E-state index contributed by atoms with van der Waals surface area (Å²) in [5.74, 6) is 1.17. The summed E-state index contributed by atoms with van der Waals surface area (Å²) in [5.41, 5.74) is 5.56. The normalized spacial score (nSPS) is 18.3. The fourth-order valence-electron chi connectivity index (χ4n) is 5.21. The van der Waals surface area contributed by atoms with Gasteiger partial charge < -0.3 is 14.4 Å². The minimum absolute atomic E-state index is 0.210. The number of anilines is 1. The monoisotopic (exact) mass is 445 g/mol. The zero-order valence-electron chi connectivity index (χ0n) is 18.7. The minimum atomic E-state index is -0.368. The van der Waals surface area contributed by atoms with E-state index >= 15 is 0 Å². The number of carbonyl (C=O) groups is 1. The lowest BCUT2D eigenvalue weighted by molar-refractivity contribution is -0.136. The maximum absolute atomic E-state index is 13.5. The Bertz CT molecular complexity index is 1400. The Hall–Kier alpha value is -4.31. The number of para-hydroxylation sites is 3. The number of hydrogen-bond donors (Lipinski definition) is 0. The van der Waals surface area contributed by atoms with E-state index < -0.39 is 0 Å². The van der Waals surface area contributed by atoms with E-state index in [0.29, 0.717) is 5.57 Å². The smallest absolute Gasteiger partial charge is 0.336 e. The van der Waals surface area contributed by atoms with E-state index in [1.165, 1.54) is 7.11 Å². The molecule has 4 nitrogen and oxygen atoms in total. The third-order valence-corrected chi connectivity index (χ3v) is 6.58. The second-order valence-corrected chi connectivity index (χ2v) is 8.42. The van der Waals surface area contributed by atoms with Crippen LogP contribution in [0.15, 0.2) is 115 Å². The first-order chi connectivity index (χ1) is 16.8. The molecule has 2 aliphatic heterocycles. The first kappa shape index (κ1) is 20.3. The number of nitrogens with zero attached hydrogens (tertiary/aromatic N) is 1. The predicted octanol–water partition coefficient (Wildman–Crippen LogP) is 6.72. The first-order valence-electron chi connectivity index (χ1n) is 11.3. The molecule has 6 rings (SSSR count). The van der Waals surface area contributed by atoms with Crippen molar-refractivity contribution >= 4 is 17.2 Å². The number of esters is 1. The van der Waals surface area contributed by atoms with Crippen LogP contribution in [-0.4, -0.2) is 13.1 Å². The topological polar surface area (TPSA) is 38.8 Å². The van der Waals surface area contributed by atoms with Gasteiger partial charge >= 0.3 is 5.97 Å². The third kappa shape index (κ3) is 3.11. The molecule has 34 heavy (non-hydrogen) atoms. The molecule has 2 atom stereocenters. The molecule has 0 fully saturated rings. The van der Waals surface area contributed by atoms with E-state index in [0.717, 1.165) is 39.4 Å². The summed E-state index contributed by atoms with van der Waals surface area (Å²) in [5, 5.41) is 0. The highest BCUT2D eigenvalue weighted by atomic mass is 16.5. The van der Waals surface area contributed by atoms with Gasteiger partial charge in [-0.25, -0.2) is 4.79 Å². The van der Waals surface area contributed by atoms with Crippen LogP contribution in [-0.2, 0) is 9.53 Å². The average molecular weight is 446 g/mol. The van der Waals surface area contributed by atoms with Crippen molar-refractivity contribution in [3.05, 3.63) is 131 Å². The Labute approximate surface area is 198 Å². The van der Waals surface area contributed by atoms with E-state index in [1.54, 1.807) is 0 Å². The predicted molar refractivity (Wildman–Crippen MR) is 133 cm³/mol. The first-order valence-corrected chi connectivity index (χ1v) is 11.3. The molecule has 2 heterocycles. The van der Waals surface area contributed by atoms with Crippen molar-refractivity contribution in [3.8, 4) is 11.5 Å². The van der Waals surface area contributed by atoms with Gasteiger partial charge in [0.25, 0.3) is 0 Å². The van der Waals surface area contributed by atoms with Crippen LogP contribution < -0.4 is 9.64 Å². The molecule has 0 radical (unpaired) electrons. The van der Waals surface area contributed by atoms with Crippen LogP contribution in [0.2, 0.25) is 0 Å². The number of rotatable bonds is 3. The van der Waals surface area contributed by atoms with Crippen LogP contribution in [0.3, 0.4) is 0 Å². The van der Waals surface area contributed by atoms with Crippen molar-refractivity contribution in [2.45, 2.75) is 12.1 Å². The molecule has 0 unspecified atom stereocenters. The molecule has 0 N–H and O–H groups in total. The molecule has 4 heteroatoms. The summed E-state index contributed by atoms with van der Waals surface area (Å²) in [6, 6.07) is 35.9. The van der Waals surface area contributed by atoms with Gasteiger partial charge in [-0.15, -0.1) is 0 Å². The maximum Gasteiger partial charge on any atom is 0.336 e. The summed E-state index contributed by atoms with van der Waals surface area (Å²) in [7, 11) is 1.45. The average Bonchev–Trinajstić information content (AvgIpc) is 3.18. The SMILES string of the molecule is COC(=O)C1=C(c2ccccc2)[C@@H](c2ccccc2)N2c3ccccc3Oc3ccccc3[C@@H]12. The number of methoxy groups -OCH3 is 1. The Kier molecular flexibility index (Phi) is 4.92. The van der Waals surface area contributed by atoms with Crippen LogP contribution in [0.5, 0.6) is 11.5 Å². The fraction of sp³-hybridized carbons (Fsp3) is 0.100. The van der Waals surface area contributed by atoms with Crippen LogP contribution in [0.25, 0.3) is 5.57 Å². The van der Waals surface area contributed by atoms with Gasteiger partial charge in [0.15, 0.2) is 5.75 Å². The van der Waals surface area contributed by atoms with Gasteiger partial charge in [0.05, 0.1) is 30.5 Å². The molecule has 0 saturated carbocycles. The summed E-state index contributed by atoms with van der Waals surface area (Å²) in [4.78, 5) is 15.8. The Balaban J connectivity index is 1.73. The highest BCUT2D eigenvalue weighted by Gasteiger charge is 2.48. The number of carbonyl (C=O) groups excluding carboxylic acids is 1. The molecule has 0 aromatic heterocycles. The van der Waals surface area contributed by atoms with Crippen LogP contribution >= 0.6 is 0 Å². The number of fused-ring (bicyclic) bond motifs is 5. The second-order valence-electron chi connectivity index (χ2n) is 8.42. The van der Waals surface area contributed by atoms with E-state index in [9.17, 15) is 4.79 Å². The van der Waals surface area contributed by atoms with Gasteiger partial charge in [0, 0.05) is 5.56 Å². The Morgan fingerprint density at radius 3 is 2.09 bits per heavy atom. The lowest BCUT2D eigenvalue weighted by atomic mass is 9.90. The Morgan fingerprint density at radius 1 is 0.735 bits per heavy atom. The van der Waals surface area contributed by atoms with Crippen molar-refractivity contribution in [2.75, 3.05) is 12.0 Å². The Morgan fingerprint density at radius 2 is 1.35 bits per heavy atom. The summed E-state index contributed by atoms with van der Waals surface area (Å²) in [6.45, 7) is 0. The molecule has 166 valence electrons. The lowest BCUT2D eigenvalue weighted by Gasteiger charge is -2.34. The largest absolute Gasteiger partial charge is 0.466 e. The zero-order valence-corrected chi connectivity index (χ0v) is 18.7. The van der Waals surface area contributed by atoms with E-state index in [1.807, 2.05) is 78.9 Å². The van der Waals surface area contributed by atoms with E-state index in [2.05, 4.69) is 35.2 Å². The molecule has 0 amide bonds. The van der Waals surface area contributed by atoms with Gasteiger partial charge in [0.2, 0.25) is 0 Å². The van der Waals surface area contributed by atoms with Gasteiger partial charge in [-0.1, -0.05) is 91.0 Å². The van der Waals surface area contributed by atoms with Gasteiger partial charge in [-0.05, 0) is 34.9 Å². The molecule has 4 aromatic rings. The molecule has 0 spiro atoms. The van der Waals surface area contributed by atoms with E-state index in [4.69, 9.17) is 9.47 Å². The summed E-state index contributed by atoms with van der Waals surface area (Å²) >= 11 is 0. The van der Waals surface area contributed by atoms with Crippen molar-refractivity contribution in [2.24, 2.45) is 0 Å². The molecule has 0 bridgehead atoms. The standard InChI is InChI=1S/C30H23NO3/c1-33-30(32)27-26(20-12-4-2-5-13-20)28(21-14-6-3-7-15-21)31-23-17-9-11-19-25(23)34-24-18-10-8-16-22(24)29(27)31/h2-19,28-29H,1H3/t28-,29+/m1/s1. The highest BCUT2D eigenvalue weighted by Crippen LogP contribution is 2.58. The zero-order chi connectivity index (χ0) is 23.1. The summed E-state index contributed by atoms with van der Waals surface area (Å²) < 4.78 is 11.8. The van der Waals surface area contributed by atoms with Crippen molar-refractivity contribution in [3.63, 3.8) is 0 Å². The summed E-state index contributed by atoms with van der Waals surface area (Å²) in [6.07, 6.45) is 0. The second kappa shape index (κ2) is 8.23. The quantitative estimate of drug-likeness (QED) is 0.328. The molecular weight excluding hydrogens is 422 g/mol.